The maximum absolute atomic E-state index is 13.2. The molecule has 1 aliphatic rings. The van der Waals surface area contributed by atoms with Gasteiger partial charge in [-0.2, -0.15) is 0 Å². The third kappa shape index (κ3) is 3.31. The Bertz CT molecular complexity index is 1250. The minimum absolute atomic E-state index is 0.0139. The van der Waals surface area contributed by atoms with E-state index in [0.717, 1.165) is 10.9 Å². The second-order valence-electron chi connectivity index (χ2n) is 6.34. The molecule has 0 saturated carbocycles. The molecule has 0 spiro atoms. The fraction of sp³-hybridized carbons (Fsp3) is 0.0455. The van der Waals surface area contributed by atoms with Crippen LogP contribution in [0.2, 0.25) is 5.02 Å². The lowest BCUT2D eigenvalue weighted by Gasteiger charge is -2.29. The Labute approximate surface area is 177 Å². The second-order valence-corrected chi connectivity index (χ2v) is 7.14. The van der Waals surface area contributed by atoms with Crippen LogP contribution in [0.25, 0.3) is 17.0 Å². The molecule has 1 N–H and O–H groups in total. The van der Waals surface area contributed by atoms with Gasteiger partial charge in [0, 0.05) is 22.7 Å². The van der Waals surface area contributed by atoms with Gasteiger partial charge in [-0.1, -0.05) is 47.9 Å². The number of rotatable bonds is 3. The molecule has 142 valence electrons. The van der Waals surface area contributed by atoms with Gasteiger partial charge in [0.2, 0.25) is 0 Å². The quantitative estimate of drug-likeness (QED) is 0.304. The van der Waals surface area contributed by atoms with Crippen molar-refractivity contribution in [2.75, 3.05) is 4.90 Å². The summed E-state index contributed by atoms with van der Waals surface area (Å²) in [6.07, 6.45) is 8.84. The van der Waals surface area contributed by atoms with Crippen LogP contribution in [0.4, 0.5) is 5.69 Å². The molecule has 1 saturated heterocycles. The Morgan fingerprint density at radius 1 is 1.14 bits per heavy atom. The van der Waals surface area contributed by atoms with Gasteiger partial charge in [0.15, 0.2) is 5.11 Å². The fourth-order valence-corrected chi connectivity index (χ4v) is 3.78. The molecule has 0 aliphatic carbocycles. The van der Waals surface area contributed by atoms with E-state index in [1.807, 2.05) is 35.0 Å². The van der Waals surface area contributed by atoms with Crippen LogP contribution in [0.5, 0.6) is 0 Å². The van der Waals surface area contributed by atoms with Crippen molar-refractivity contribution in [2.24, 2.45) is 0 Å². The molecule has 2 heterocycles. The Kier molecular flexibility index (Phi) is 4.93. The number of aromatic nitrogens is 1. The van der Waals surface area contributed by atoms with Gasteiger partial charge in [-0.25, -0.2) is 0 Å². The zero-order valence-electron chi connectivity index (χ0n) is 15.1. The number of halogens is 1. The minimum atomic E-state index is -0.558. The lowest BCUT2D eigenvalue weighted by Crippen LogP contribution is -2.54. The molecule has 7 heteroatoms. The molecule has 0 bridgehead atoms. The van der Waals surface area contributed by atoms with Crippen molar-refractivity contribution >= 4 is 63.4 Å². The Hall–Kier alpha value is -3.40. The van der Waals surface area contributed by atoms with Crippen molar-refractivity contribution in [1.82, 2.24) is 9.88 Å². The van der Waals surface area contributed by atoms with E-state index < -0.39 is 11.8 Å². The van der Waals surface area contributed by atoms with Crippen LogP contribution in [-0.2, 0) is 16.1 Å². The van der Waals surface area contributed by atoms with Crippen molar-refractivity contribution in [3.8, 4) is 12.3 Å². The second kappa shape index (κ2) is 7.55. The van der Waals surface area contributed by atoms with E-state index >= 15 is 0 Å². The third-order valence-electron chi connectivity index (χ3n) is 4.58. The molecule has 0 unspecified atom stereocenters. The highest BCUT2D eigenvalue weighted by Crippen LogP contribution is 2.30. The van der Waals surface area contributed by atoms with Crippen LogP contribution >= 0.6 is 23.8 Å². The average molecular weight is 420 g/mol. The summed E-state index contributed by atoms with van der Waals surface area (Å²) in [7, 11) is 0. The number of nitrogens with zero attached hydrogens (tertiary/aromatic N) is 2. The van der Waals surface area contributed by atoms with Crippen LogP contribution in [0.15, 0.2) is 60.3 Å². The molecule has 0 radical (unpaired) electrons. The summed E-state index contributed by atoms with van der Waals surface area (Å²) in [5.74, 6) is 1.51. The van der Waals surface area contributed by atoms with Gasteiger partial charge in [0.25, 0.3) is 11.8 Å². The SMILES string of the molecule is C#CCn1cc(/C=C2/C(=O)NC(=S)N(c3ccccc3Cl)C2=O)c2ccccc21. The summed E-state index contributed by atoms with van der Waals surface area (Å²) in [5.41, 5.74) is 1.99. The van der Waals surface area contributed by atoms with Gasteiger partial charge < -0.3 is 4.57 Å². The first-order chi connectivity index (χ1) is 14.0. The maximum atomic E-state index is 13.2. The molecular formula is C22H14ClN3O2S. The summed E-state index contributed by atoms with van der Waals surface area (Å²) >= 11 is 11.5. The molecule has 1 aromatic heterocycles. The number of hydrogen-bond donors (Lipinski definition) is 1. The van der Waals surface area contributed by atoms with Crippen LogP contribution < -0.4 is 10.2 Å². The molecular weight excluding hydrogens is 406 g/mol. The maximum Gasteiger partial charge on any atom is 0.270 e. The normalized spacial score (nSPS) is 15.7. The lowest BCUT2D eigenvalue weighted by atomic mass is 10.1. The smallest absolute Gasteiger partial charge is 0.270 e. The van der Waals surface area contributed by atoms with Crippen molar-refractivity contribution in [2.45, 2.75) is 6.54 Å². The van der Waals surface area contributed by atoms with Crippen molar-refractivity contribution in [3.63, 3.8) is 0 Å². The first-order valence-corrected chi connectivity index (χ1v) is 9.47. The van der Waals surface area contributed by atoms with Crippen molar-refractivity contribution in [3.05, 3.63) is 70.9 Å². The number of amides is 2. The number of para-hydroxylation sites is 2. The monoisotopic (exact) mass is 419 g/mol. The van der Waals surface area contributed by atoms with E-state index in [4.69, 9.17) is 30.2 Å². The molecule has 5 nitrogen and oxygen atoms in total. The third-order valence-corrected chi connectivity index (χ3v) is 5.18. The molecule has 1 aliphatic heterocycles. The van der Waals surface area contributed by atoms with Crippen LogP contribution in [-0.4, -0.2) is 21.5 Å². The average Bonchev–Trinajstić information content (AvgIpc) is 3.04. The summed E-state index contributed by atoms with van der Waals surface area (Å²) in [5, 5.41) is 3.79. The lowest BCUT2D eigenvalue weighted by molar-refractivity contribution is -0.122. The van der Waals surface area contributed by atoms with E-state index in [2.05, 4.69) is 11.2 Å². The number of hydrogen-bond acceptors (Lipinski definition) is 3. The Morgan fingerprint density at radius 3 is 2.62 bits per heavy atom. The first kappa shape index (κ1) is 18.9. The topological polar surface area (TPSA) is 54.3 Å². The summed E-state index contributed by atoms with van der Waals surface area (Å²) in [6, 6.07) is 14.4. The van der Waals surface area contributed by atoms with Gasteiger partial charge in [-0.15, -0.1) is 6.42 Å². The number of nitrogens with one attached hydrogen (secondary N) is 1. The summed E-state index contributed by atoms with van der Waals surface area (Å²) in [4.78, 5) is 27.0. The number of benzene rings is 2. The molecule has 2 aromatic carbocycles. The van der Waals surface area contributed by atoms with Crippen LogP contribution in [0.1, 0.15) is 5.56 Å². The van der Waals surface area contributed by atoms with Gasteiger partial charge in [-0.3, -0.25) is 19.8 Å². The number of anilines is 1. The predicted octanol–water partition coefficient (Wildman–Crippen LogP) is 3.76. The molecule has 29 heavy (non-hydrogen) atoms. The highest BCUT2D eigenvalue weighted by molar-refractivity contribution is 7.80. The standard InChI is InChI=1S/C22H14ClN3O2S/c1-2-11-25-13-14(15-7-3-5-9-18(15)25)12-16-20(27)24-22(29)26(21(16)28)19-10-6-4-8-17(19)23/h1,3-10,12-13H,11H2,(H,24,27,29)/b16-12-. The number of carbonyl (C=O) groups is 2. The highest BCUT2D eigenvalue weighted by Gasteiger charge is 2.35. The van der Waals surface area contributed by atoms with Gasteiger partial charge in [-0.05, 0) is 36.5 Å². The molecule has 2 amide bonds. The molecule has 1 fully saturated rings. The van der Waals surface area contributed by atoms with E-state index in [1.54, 1.807) is 30.3 Å². The minimum Gasteiger partial charge on any atom is -0.335 e. The fourth-order valence-electron chi connectivity index (χ4n) is 3.28. The molecule has 3 aromatic rings. The zero-order valence-corrected chi connectivity index (χ0v) is 16.6. The van der Waals surface area contributed by atoms with E-state index in [9.17, 15) is 9.59 Å². The summed E-state index contributed by atoms with van der Waals surface area (Å²) < 4.78 is 1.89. The van der Waals surface area contributed by atoms with Gasteiger partial charge in [0.05, 0.1) is 17.3 Å². The highest BCUT2D eigenvalue weighted by atomic mass is 35.5. The van der Waals surface area contributed by atoms with E-state index in [0.29, 0.717) is 22.8 Å². The van der Waals surface area contributed by atoms with Crippen LogP contribution in [0, 0.1) is 12.3 Å². The van der Waals surface area contributed by atoms with E-state index in [1.165, 1.54) is 4.90 Å². The molecule has 0 atom stereocenters. The number of fused-ring (bicyclic) bond motifs is 1. The van der Waals surface area contributed by atoms with Crippen molar-refractivity contribution < 1.29 is 9.59 Å². The first-order valence-electron chi connectivity index (χ1n) is 8.68. The van der Waals surface area contributed by atoms with Gasteiger partial charge in [0.1, 0.15) is 5.57 Å². The summed E-state index contributed by atoms with van der Waals surface area (Å²) in [6.45, 7) is 0.375. The Balaban J connectivity index is 1.83. The van der Waals surface area contributed by atoms with E-state index in [-0.39, 0.29) is 10.7 Å². The predicted molar refractivity (Wildman–Crippen MR) is 118 cm³/mol. The van der Waals surface area contributed by atoms with Crippen LogP contribution in [0.3, 0.4) is 0 Å². The molecule has 4 rings (SSSR count). The number of thiocarbonyl (C=S) groups is 1. The zero-order chi connectivity index (χ0) is 20.5. The van der Waals surface area contributed by atoms with Gasteiger partial charge >= 0.3 is 0 Å². The van der Waals surface area contributed by atoms with Crippen molar-refractivity contribution in [1.29, 1.82) is 0 Å². The Morgan fingerprint density at radius 2 is 1.86 bits per heavy atom. The number of carbonyl (C=O) groups excluding carboxylic acids is 2. The number of terminal acetylenes is 1. The largest absolute Gasteiger partial charge is 0.335 e.